The smallest absolute Gasteiger partial charge is 0.335 e. The highest BCUT2D eigenvalue weighted by Crippen LogP contribution is 2.24. The number of nitrogens with one attached hydrogen (secondary N) is 1. The lowest BCUT2D eigenvalue weighted by molar-refractivity contribution is -0.125. The molecule has 2 unspecified atom stereocenters. The van der Waals surface area contributed by atoms with Gasteiger partial charge in [0.05, 0.1) is 17.0 Å². The Morgan fingerprint density at radius 2 is 2.17 bits per heavy atom. The van der Waals surface area contributed by atoms with Gasteiger partial charge >= 0.3 is 5.97 Å². The summed E-state index contributed by atoms with van der Waals surface area (Å²) in [4.78, 5) is 37.0. The first-order chi connectivity index (χ1) is 11.3. The van der Waals surface area contributed by atoms with Crippen molar-refractivity contribution in [2.24, 2.45) is 0 Å². The maximum Gasteiger partial charge on any atom is 0.335 e. The van der Waals surface area contributed by atoms with Crippen molar-refractivity contribution in [3.63, 3.8) is 0 Å². The van der Waals surface area contributed by atoms with Crippen molar-refractivity contribution in [1.82, 2.24) is 10.2 Å². The minimum atomic E-state index is -1.27. The highest BCUT2D eigenvalue weighted by Gasteiger charge is 2.36. The van der Waals surface area contributed by atoms with Crippen molar-refractivity contribution >= 4 is 29.5 Å². The van der Waals surface area contributed by atoms with Crippen LogP contribution in [0.25, 0.3) is 0 Å². The molecular formula is C16H19FN2O4S. The van der Waals surface area contributed by atoms with E-state index in [9.17, 15) is 18.8 Å². The van der Waals surface area contributed by atoms with Crippen molar-refractivity contribution in [3.8, 4) is 0 Å². The Balaban J connectivity index is 2.19. The molecule has 1 aromatic carbocycles. The van der Waals surface area contributed by atoms with E-state index in [4.69, 9.17) is 5.11 Å². The quantitative estimate of drug-likeness (QED) is 0.844. The number of benzene rings is 1. The number of carboxylic acid groups (broad SMARTS) is 1. The third kappa shape index (κ3) is 3.87. The number of halogens is 1. The molecule has 130 valence electrons. The molecule has 2 rings (SSSR count). The molecule has 0 saturated carbocycles. The Labute approximate surface area is 143 Å². The van der Waals surface area contributed by atoms with E-state index in [1.54, 1.807) is 0 Å². The summed E-state index contributed by atoms with van der Waals surface area (Å²) in [6.07, 6.45) is 0.769. The van der Waals surface area contributed by atoms with Gasteiger partial charge in [-0.2, -0.15) is 0 Å². The number of carbonyl (C=O) groups is 3. The molecule has 1 aliphatic heterocycles. The van der Waals surface area contributed by atoms with Crippen LogP contribution in [0.4, 0.5) is 4.39 Å². The minimum Gasteiger partial charge on any atom is -0.478 e. The zero-order valence-corrected chi connectivity index (χ0v) is 14.2. The van der Waals surface area contributed by atoms with E-state index in [2.05, 4.69) is 5.32 Å². The average Bonchev–Trinajstić information content (AvgIpc) is 3.03. The maximum atomic E-state index is 14.1. The fourth-order valence-electron chi connectivity index (χ4n) is 2.28. The van der Waals surface area contributed by atoms with Crippen LogP contribution in [-0.4, -0.2) is 51.5 Å². The molecule has 2 amide bonds. The van der Waals surface area contributed by atoms with Gasteiger partial charge in [-0.3, -0.25) is 9.59 Å². The standard InChI is InChI=1S/C16H19FN2O4S/c1-3-9(2)18-14(20)13-7-24-8-19(13)15(21)11-5-4-10(16(22)23)6-12(11)17/h4-6,9,13H,3,7-8H2,1-2H3,(H,18,20)(H,22,23). The first-order valence-corrected chi connectivity index (χ1v) is 8.72. The number of hydrogen-bond acceptors (Lipinski definition) is 4. The van der Waals surface area contributed by atoms with E-state index < -0.39 is 23.7 Å². The van der Waals surface area contributed by atoms with Gasteiger partial charge in [-0.1, -0.05) is 6.92 Å². The van der Waals surface area contributed by atoms with Gasteiger partial charge in [-0.15, -0.1) is 11.8 Å². The van der Waals surface area contributed by atoms with Gasteiger partial charge < -0.3 is 15.3 Å². The summed E-state index contributed by atoms with van der Waals surface area (Å²) in [7, 11) is 0. The van der Waals surface area contributed by atoms with Crippen molar-refractivity contribution in [3.05, 3.63) is 35.1 Å². The molecule has 0 spiro atoms. The SMILES string of the molecule is CCC(C)NC(=O)C1CSCN1C(=O)c1ccc(C(=O)O)cc1F. The fraction of sp³-hybridized carbons (Fsp3) is 0.438. The predicted molar refractivity (Wildman–Crippen MR) is 88.5 cm³/mol. The second-order valence-corrected chi connectivity index (χ2v) is 6.61. The van der Waals surface area contributed by atoms with Crippen LogP contribution in [0.15, 0.2) is 18.2 Å². The number of hydrogen-bond donors (Lipinski definition) is 2. The molecule has 1 aromatic rings. The lowest BCUT2D eigenvalue weighted by Crippen LogP contribution is -2.49. The summed E-state index contributed by atoms with van der Waals surface area (Å²) >= 11 is 1.42. The van der Waals surface area contributed by atoms with Crippen molar-refractivity contribution in [2.45, 2.75) is 32.4 Å². The maximum absolute atomic E-state index is 14.1. The molecule has 6 nitrogen and oxygen atoms in total. The molecule has 1 aliphatic rings. The van der Waals surface area contributed by atoms with Crippen LogP contribution in [0.2, 0.25) is 0 Å². The molecule has 1 heterocycles. The largest absolute Gasteiger partial charge is 0.478 e. The Hall–Kier alpha value is -2.09. The highest BCUT2D eigenvalue weighted by atomic mass is 32.2. The predicted octanol–water partition coefficient (Wildman–Crippen LogP) is 1.95. The molecule has 0 bridgehead atoms. The summed E-state index contributed by atoms with van der Waals surface area (Å²) in [5, 5.41) is 11.7. The molecule has 8 heteroatoms. The number of aromatic carboxylic acids is 1. The molecule has 0 aromatic heterocycles. The lowest BCUT2D eigenvalue weighted by atomic mass is 10.1. The van der Waals surface area contributed by atoms with Gasteiger partial charge in [0.15, 0.2) is 0 Å². The Morgan fingerprint density at radius 1 is 1.46 bits per heavy atom. The Kier molecular flexibility index (Phi) is 5.82. The van der Waals surface area contributed by atoms with Crippen LogP contribution in [0.1, 0.15) is 41.0 Å². The summed E-state index contributed by atoms with van der Waals surface area (Å²) < 4.78 is 14.1. The van der Waals surface area contributed by atoms with Crippen LogP contribution < -0.4 is 5.32 Å². The number of carboxylic acids is 1. The second kappa shape index (κ2) is 7.65. The van der Waals surface area contributed by atoms with Gasteiger partial charge in [0.2, 0.25) is 5.91 Å². The lowest BCUT2D eigenvalue weighted by Gasteiger charge is -2.24. The van der Waals surface area contributed by atoms with Crippen molar-refractivity contribution in [1.29, 1.82) is 0 Å². The van der Waals surface area contributed by atoms with Crippen LogP contribution in [0, 0.1) is 5.82 Å². The fourth-order valence-corrected chi connectivity index (χ4v) is 3.43. The number of amides is 2. The van der Waals surface area contributed by atoms with Gasteiger partial charge in [0, 0.05) is 11.8 Å². The second-order valence-electron chi connectivity index (χ2n) is 5.61. The first-order valence-electron chi connectivity index (χ1n) is 7.57. The zero-order chi connectivity index (χ0) is 17.9. The Bertz CT molecular complexity index is 667. The van der Waals surface area contributed by atoms with E-state index in [0.717, 1.165) is 18.6 Å². The van der Waals surface area contributed by atoms with Crippen molar-refractivity contribution in [2.75, 3.05) is 11.6 Å². The molecule has 0 radical (unpaired) electrons. The summed E-state index contributed by atoms with van der Waals surface area (Å²) in [6.45, 7) is 3.81. The normalized spacial score (nSPS) is 18.3. The van der Waals surface area contributed by atoms with Gasteiger partial charge in [-0.05, 0) is 31.5 Å². The number of carbonyl (C=O) groups excluding carboxylic acids is 2. The summed E-state index contributed by atoms with van der Waals surface area (Å²) in [6, 6.07) is 2.47. The molecule has 2 N–H and O–H groups in total. The monoisotopic (exact) mass is 354 g/mol. The molecule has 0 aliphatic carbocycles. The molecule has 24 heavy (non-hydrogen) atoms. The topological polar surface area (TPSA) is 86.7 Å². The third-order valence-corrected chi connectivity index (χ3v) is 4.91. The average molecular weight is 354 g/mol. The summed E-state index contributed by atoms with van der Waals surface area (Å²) in [5.41, 5.74) is -0.463. The van der Waals surface area contributed by atoms with Crippen LogP contribution in [0.5, 0.6) is 0 Å². The van der Waals surface area contributed by atoms with Crippen LogP contribution >= 0.6 is 11.8 Å². The first kappa shape index (κ1) is 18.3. The number of rotatable bonds is 5. The molecule has 2 atom stereocenters. The van der Waals surface area contributed by atoms with Gasteiger partial charge in [0.1, 0.15) is 11.9 Å². The third-order valence-electron chi connectivity index (χ3n) is 3.89. The van der Waals surface area contributed by atoms with E-state index in [1.807, 2.05) is 13.8 Å². The van der Waals surface area contributed by atoms with E-state index >= 15 is 0 Å². The molecular weight excluding hydrogens is 335 g/mol. The van der Waals surface area contributed by atoms with Gasteiger partial charge in [-0.25, -0.2) is 9.18 Å². The van der Waals surface area contributed by atoms with Crippen molar-refractivity contribution < 1.29 is 23.9 Å². The Morgan fingerprint density at radius 3 is 2.75 bits per heavy atom. The summed E-state index contributed by atoms with van der Waals surface area (Å²) in [5.74, 6) is -2.31. The van der Waals surface area contributed by atoms with E-state index in [1.165, 1.54) is 22.7 Å². The highest BCUT2D eigenvalue weighted by molar-refractivity contribution is 7.99. The van der Waals surface area contributed by atoms with Crippen LogP contribution in [-0.2, 0) is 4.79 Å². The molecule has 1 saturated heterocycles. The van der Waals surface area contributed by atoms with E-state index in [-0.39, 0.29) is 29.0 Å². The number of nitrogens with zero attached hydrogens (tertiary/aromatic N) is 1. The van der Waals surface area contributed by atoms with E-state index in [0.29, 0.717) is 5.75 Å². The van der Waals surface area contributed by atoms with Gasteiger partial charge in [0.25, 0.3) is 5.91 Å². The number of thioether (sulfide) groups is 1. The molecule has 1 fully saturated rings. The zero-order valence-electron chi connectivity index (χ0n) is 13.4. The van der Waals surface area contributed by atoms with Crippen LogP contribution in [0.3, 0.4) is 0 Å². The minimum absolute atomic E-state index is 0.00774.